The molecule has 7 heteroatoms. The third-order valence-corrected chi connectivity index (χ3v) is 4.94. The fraction of sp³-hybridized carbons (Fsp3) is 0.474. The molecule has 1 N–H and O–H groups in total. The summed E-state index contributed by atoms with van der Waals surface area (Å²) < 4.78 is 21.5. The number of piperazine rings is 1. The number of anilines is 1. The fourth-order valence-electron chi connectivity index (χ4n) is 3.39. The van der Waals surface area contributed by atoms with E-state index in [1.54, 1.807) is 17.6 Å². The van der Waals surface area contributed by atoms with Crippen molar-refractivity contribution in [3.05, 3.63) is 39.9 Å². The Balaban J connectivity index is 2.13. The lowest BCUT2D eigenvalue weighted by Gasteiger charge is -2.32. The molecule has 0 amide bonds. The van der Waals surface area contributed by atoms with Crippen LogP contribution in [0, 0.1) is 5.82 Å². The summed E-state index contributed by atoms with van der Waals surface area (Å²) >= 11 is 0. The smallest absolute Gasteiger partial charge is 0.343 e. The largest absolute Gasteiger partial charge is 0.462 e. The van der Waals surface area contributed by atoms with Gasteiger partial charge >= 0.3 is 5.97 Å². The normalized spacial score (nSPS) is 15.5. The second kappa shape index (κ2) is 7.45. The second-order valence-corrected chi connectivity index (χ2v) is 6.64. The van der Waals surface area contributed by atoms with Crippen LogP contribution < -0.4 is 15.2 Å². The molecule has 0 atom stereocenters. The molecule has 1 saturated heterocycles. The predicted molar refractivity (Wildman–Crippen MR) is 98.6 cm³/mol. The van der Waals surface area contributed by atoms with Crippen molar-refractivity contribution < 1.29 is 18.8 Å². The number of rotatable bonds is 4. The number of likely N-dealkylation sites (N-methyl/N-ethyl adjacent to an activating group) is 1. The van der Waals surface area contributed by atoms with E-state index in [2.05, 4.69) is 7.05 Å². The molecule has 1 aromatic carbocycles. The van der Waals surface area contributed by atoms with Gasteiger partial charge < -0.3 is 19.1 Å². The zero-order valence-electron chi connectivity index (χ0n) is 15.5. The van der Waals surface area contributed by atoms with Crippen molar-refractivity contribution in [3.8, 4) is 0 Å². The van der Waals surface area contributed by atoms with Gasteiger partial charge in [0, 0.05) is 18.1 Å². The minimum Gasteiger partial charge on any atom is -0.462 e. The summed E-state index contributed by atoms with van der Waals surface area (Å²) in [6.45, 7) is 7.77. The van der Waals surface area contributed by atoms with Gasteiger partial charge in [-0.3, -0.25) is 4.79 Å². The van der Waals surface area contributed by atoms with Gasteiger partial charge in [-0.15, -0.1) is 0 Å². The summed E-state index contributed by atoms with van der Waals surface area (Å²) in [6, 6.07) is 2.98. The Morgan fingerprint density at radius 1 is 1.27 bits per heavy atom. The maximum Gasteiger partial charge on any atom is 0.343 e. The summed E-state index contributed by atoms with van der Waals surface area (Å²) in [5.41, 5.74) is 0.594. The molecule has 2 aromatic rings. The highest BCUT2D eigenvalue weighted by Crippen LogP contribution is 2.25. The summed E-state index contributed by atoms with van der Waals surface area (Å²) in [6.07, 6.45) is 1.51. The minimum absolute atomic E-state index is 0.0588. The van der Waals surface area contributed by atoms with E-state index in [1.807, 2.05) is 11.8 Å². The first-order valence-electron chi connectivity index (χ1n) is 9.06. The number of carbonyl (C=O) groups excluding carboxylic acids is 1. The van der Waals surface area contributed by atoms with Crippen molar-refractivity contribution in [1.82, 2.24) is 4.57 Å². The number of quaternary nitrogens is 1. The monoisotopic (exact) mass is 362 g/mol. The third kappa shape index (κ3) is 3.31. The highest BCUT2D eigenvalue weighted by molar-refractivity contribution is 5.94. The summed E-state index contributed by atoms with van der Waals surface area (Å²) in [4.78, 5) is 28.2. The van der Waals surface area contributed by atoms with Crippen molar-refractivity contribution in [3.63, 3.8) is 0 Å². The standard InChI is InChI=1S/C19H24FN3O3/c1-4-22-12-14(19(25)26-5-2)18(24)13-10-15(20)17(11-16(13)22)23-8-6-21(3)7-9-23/h10-12H,4-9H2,1-3H3/p+1. The molecule has 2 heterocycles. The molecule has 1 aromatic heterocycles. The van der Waals surface area contributed by atoms with Gasteiger partial charge in [-0.25, -0.2) is 9.18 Å². The van der Waals surface area contributed by atoms with Gasteiger partial charge in [-0.2, -0.15) is 0 Å². The summed E-state index contributed by atoms with van der Waals surface area (Å²) in [5, 5.41) is 0.207. The van der Waals surface area contributed by atoms with Crippen LogP contribution in [-0.2, 0) is 11.3 Å². The molecule has 0 spiro atoms. The summed E-state index contributed by atoms with van der Waals surface area (Å²) in [7, 11) is 2.12. The SMILES string of the molecule is CCOC(=O)c1cn(CC)c2cc(N3CC[NH+](C)CC3)c(F)cc2c1=O. The van der Waals surface area contributed by atoms with E-state index in [0.29, 0.717) is 17.7 Å². The van der Waals surface area contributed by atoms with Gasteiger partial charge in [0.2, 0.25) is 5.43 Å². The molecule has 1 aliphatic rings. The average molecular weight is 362 g/mol. The van der Waals surface area contributed by atoms with Crippen molar-refractivity contribution in [1.29, 1.82) is 0 Å². The topological polar surface area (TPSA) is 56.0 Å². The quantitative estimate of drug-likeness (QED) is 0.813. The van der Waals surface area contributed by atoms with Crippen LogP contribution in [0.1, 0.15) is 24.2 Å². The maximum atomic E-state index is 14.8. The van der Waals surface area contributed by atoms with E-state index in [1.165, 1.54) is 17.2 Å². The molecule has 0 unspecified atom stereocenters. The van der Waals surface area contributed by atoms with Crippen LogP contribution in [0.4, 0.5) is 10.1 Å². The maximum absolute atomic E-state index is 14.8. The molecule has 0 saturated carbocycles. The number of fused-ring (bicyclic) bond motifs is 1. The Morgan fingerprint density at radius 3 is 2.58 bits per heavy atom. The number of pyridine rings is 1. The molecule has 3 rings (SSSR count). The van der Waals surface area contributed by atoms with Crippen LogP contribution in [0.25, 0.3) is 10.9 Å². The number of ether oxygens (including phenoxy) is 1. The number of aryl methyl sites for hydroxylation is 1. The van der Waals surface area contributed by atoms with Gasteiger partial charge in [0.05, 0.1) is 51.0 Å². The lowest BCUT2D eigenvalue weighted by molar-refractivity contribution is -0.880. The molecule has 0 aliphatic carbocycles. The summed E-state index contributed by atoms with van der Waals surface area (Å²) in [5.74, 6) is -1.11. The van der Waals surface area contributed by atoms with Gasteiger partial charge in [0.25, 0.3) is 0 Å². The first-order chi connectivity index (χ1) is 12.5. The molecular weight excluding hydrogens is 337 g/mol. The third-order valence-electron chi connectivity index (χ3n) is 4.94. The first-order valence-corrected chi connectivity index (χ1v) is 9.06. The van der Waals surface area contributed by atoms with E-state index in [9.17, 15) is 14.0 Å². The average Bonchev–Trinajstić information content (AvgIpc) is 2.63. The van der Waals surface area contributed by atoms with Gasteiger partial charge in [0.1, 0.15) is 11.4 Å². The number of aromatic nitrogens is 1. The number of esters is 1. The van der Waals surface area contributed by atoms with Crippen LogP contribution in [0.15, 0.2) is 23.1 Å². The van der Waals surface area contributed by atoms with Crippen LogP contribution >= 0.6 is 0 Å². The van der Waals surface area contributed by atoms with E-state index in [-0.39, 0.29) is 17.6 Å². The number of nitrogens with one attached hydrogen (secondary N) is 1. The van der Waals surface area contributed by atoms with Crippen LogP contribution in [0.5, 0.6) is 0 Å². The molecule has 0 bridgehead atoms. The molecule has 1 aliphatic heterocycles. The van der Waals surface area contributed by atoms with Crippen LogP contribution in [0.2, 0.25) is 0 Å². The van der Waals surface area contributed by atoms with E-state index in [4.69, 9.17) is 4.74 Å². The highest BCUT2D eigenvalue weighted by atomic mass is 19.1. The molecular formula is C19H25FN3O3+. The first kappa shape index (κ1) is 18.4. The molecule has 6 nitrogen and oxygen atoms in total. The predicted octanol–water partition coefficient (Wildman–Crippen LogP) is 0.672. The molecule has 26 heavy (non-hydrogen) atoms. The van der Waals surface area contributed by atoms with Crippen LogP contribution in [-0.4, -0.2) is 50.4 Å². The Labute approximate surface area is 151 Å². The lowest BCUT2D eigenvalue weighted by atomic mass is 10.1. The number of hydrogen-bond donors (Lipinski definition) is 1. The highest BCUT2D eigenvalue weighted by Gasteiger charge is 2.23. The van der Waals surface area contributed by atoms with Crippen molar-refractivity contribution in [2.45, 2.75) is 20.4 Å². The van der Waals surface area contributed by atoms with Crippen LogP contribution in [0.3, 0.4) is 0 Å². The number of nitrogens with zero attached hydrogens (tertiary/aromatic N) is 2. The van der Waals surface area contributed by atoms with E-state index >= 15 is 0 Å². The van der Waals surface area contributed by atoms with Gasteiger partial charge in [0.15, 0.2) is 0 Å². The number of benzene rings is 1. The molecule has 0 radical (unpaired) electrons. The second-order valence-electron chi connectivity index (χ2n) is 6.64. The van der Waals surface area contributed by atoms with Crippen molar-refractivity contribution in [2.24, 2.45) is 0 Å². The van der Waals surface area contributed by atoms with E-state index in [0.717, 1.165) is 26.2 Å². The zero-order chi connectivity index (χ0) is 18.8. The van der Waals surface area contributed by atoms with Gasteiger partial charge in [-0.05, 0) is 26.0 Å². The zero-order valence-corrected chi connectivity index (χ0v) is 15.5. The fourth-order valence-corrected chi connectivity index (χ4v) is 3.39. The Hall–Kier alpha value is -2.41. The molecule has 1 fully saturated rings. The lowest BCUT2D eigenvalue weighted by Crippen LogP contribution is -3.12. The van der Waals surface area contributed by atoms with Crippen molar-refractivity contribution >= 4 is 22.6 Å². The molecule has 140 valence electrons. The van der Waals surface area contributed by atoms with Gasteiger partial charge in [-0.1, -0.05) is 0 Å². The number of halogens is 1. The Kier molecular flexibility index (Phi) is 5.27. The number of hydrogen-bond acceptors (Lipinski definition) is 4. The Bertz CT molecular complexity index is 886. The van der Waals surface area contributed by atoms with Crippen molar-refractivity contribution in [2.75, 3.05) is 44.7 Å². The number of carbonyl (C=O) groups is 1. The Morgan fingerprint density at radius 2 is 1.96 bits per heavy atom. The van der Waals surface area contributed by atoms with E-state index < -0.39 is 17.2 Å². The minimum atomic E-state index is -0.673.